The minimum Gasteiger partial charge on any atom is -0.480 e. The van der Waals surface area contributed by atoms with Crippen molar-refractivity contribution in [3.8, 4) is 0 Å². The fourth-order valence-electron chi connectivity index (χ4n) is 1.89. The molecule has 0 saturated carbocycles. The summed E-state index contributed by atoms with van der Waals surface area (Å²) in [5, 5.41) is 12.0. The number of carboxylic acid groups (broad SMARTS) is 1. The smallest absolute Gasteiger partial charge is 0.408 e. The molecule has 0 aliphatic carbocycles. The summed E-state index contributed by atoms with van der Waals surface area (Å²) in [6.45, 7) is 8.79. The lowest BCUT2D eigenvalue weighted by molar-refractivity contribution is -0.140. The third-order valence-electron chi connectivity index (χ3n) is 3.13. The van der Waals surface area contributed by atoms with Crippen molar-refractivity contribution in [1.29, 1.82) is 0 Å². The van der Waals surface area contributed by atoms with Crippen molar-refractivity contribution in [1.82, 2.24) is 5.32 Å². The molecule has 0 aliphatic rings. The lowest BCUT2D eigenvalue weighted by atomic mass is 10.0. The number of amides is 1. The fourth-order valence-corrected chi connectivity index (χ4v) is 3.21. The first-order valence-corrected chi connectivity index (χ1v) is 9.29. The van der Waals surface area contributed by atoms with Gasteiger partial charge in [0.1, 0.15) is 11.6 Å². The van der Waals surface area contributed by atoms with Gasteiger partial charge < -0.3 is 15.2 Å². The van der Waals surface area contributed by atoms with Crippen LogP contribution in [0.5, 0.6) is 0 Å². The van der Waals surface area contributed by atoms with Crippen molar-refractivity contribution in [2.24, 2.45) is 0 Å². The number of benzene rings is 1. The number of carbonyl (C=O) groups is 2. The third-order valence-corrected chi connectivity index (χ3v) is 5.11. The summed E-state index contributed by atoms with van der Waals surface area (Å²) in [6.07, 6.45) is -0.729. The normalized spacial score (nSPS) is 13.2. The number of halogens is 1. The number of hydrogen-bond acceptors (Lipinski definition) is 4. The summed E-state index contributed by atoms with van der Waals surface area (Å²) in [5.41, 5.74) is 0.402. The number of carbonyl (C=O) groups excluding carboxylic acids is 1. The van der Waals surface area contributed by atoms with E-state index < -0.39 is 28.5 Å². The zero-order chi connectivity index (χ0) is 18.5. The first kappa shape index (κ1) is 20.8. The molecule has 1 amide bonds. The molecule has 5 nitrogen and oxygen atoms in total. The lowest BCUT2D eigenvalue weighted by Crippen LogP contribution is -2.53. The molecular weight excluding hydrogens is 394 g/mol. The highest BCUT2D eigenvalue weighted by molar-refractivity contribution is 9.10. The summed E-state index contributed by atoms with van der Waals surface area (Å²) in [6, 6.07) is 6.77. The van der Waals surface area contributed by atoms with E-state index in [2.05, 4.69) is 21.2 Å². The predicted octanol–water partition coefficient (Wildman–Crippen LogP) is 4.44. The maximum absolute atomic E-state index is 11.9. The number of aliphatic carboxylic acids is 1. The van der Waals surface area contributed by atoms with Crippen LogP contribution in [0.15, 0.2) is 28.7 Å². The Morgan fingerprint density at radius 3 is 2.21 bits per heavy atom. The first-order chi connectivity index (χ1) is 10.9. The molecule has 0 saturated heterocycles. The first-order valence-electron chi connectivity index (χ1n) is 7.51. The Kier molecular flexibility index (Phi) is 7.16. The largest absolute Gasteiger partial charge is 0.480 e. The van der Waals surface area contributed by atoms with Gasteiger partial charge in [-0.15, -0.1) is 11.8 Å². The maximum atomic E-state index is 11.9. The van der Waals surface area contributed by atoms with Crippen molar-refractivity contribution in [3.05, 3.63) is 34.3 Å². The molecule has 0 fully saturated rings. The molecule has 0 radical (unpaired) electrons. The molecule has 0 aliphatic heterocycles. The van der Waals surface area contributed by atoms with E-state index in [1.54, 1.807) is 34.6 Å². The molecule has 24 heavy (non-hydrogen) atoms. The second kappa shape index (κ2) is 8.25. The van der Waals surface area contributed by atoms with Gasteiger partial charge >= 0.3 is 12.1 Å². The highest BCUT2D eigenvalue weighted by Gasteiger charge is 2.38. The number of thioether (sulfide) groups is 1. The van der Waals surface area contributed by atoms with E-state index in [1.165, 1.54) is 11.8 Å². The molecule has 1 aromatic rings. The highest BCUT2D eigenvalue weighted by Crippen LogP contribution is 2.32. The van der Waals surface area contributed by atoms with Crippen molar-refractivity contribution in [2.75, 3.05) is 0 Å². The molecule has 7 heteroatoms. The topological polar surface area (TPSA) is 75.6 Å². The number of alkyl carbamates (subject to hydrolysis) is 1. The van der Waals surface area contributed by atoms with Crippen LogP contribution in [0, 0.1) is 0 Å². The van der Waals surface area contributed by atoms with Crippen LogP contribution in [0.1, 0.15) is 40.2 Å². The van der Waals surface area contributed by atoms with Gasteiger partial charge in [0, 0.05) is 15.0 Å². The fraction of sp³-hybridized carbons (Fsp3) is 0.529. The van der Waals surface area contributed by atoms with E-state index in [1.807, 2.05) is 24.3 Å². The molecule has 0 aromatic heterocycles. The molecule has 1 atom stereocenters. The predicted molar refractivity (Wildman–Crippen MR) is 100 cm³/mol. The Hall–Kier alpha value is -1.21. The summed E-state index contributed by atoms with van der Waals surface area (Å²) >= 11 is 4.85. The molecule has 1 rings (SSSR count). The average Bonchev–Trinajstić information content (AvgIpc) is 2.42. The van der Waals surface area contributed by atoms with Crippen LogP contribution in [0.3, 0.4) is 0 Å². The maximum Gasteiger partial charge on any atom is 0.408 e. The molecule has 0 spiro atoms. The summed E-state index contributed by atoms with van der Waals surface area (Å²) in [4.78, 5) is 23.5. The SMILES string of the molecule is CC(C)(C)OC(=O)NC(C(=O)O)C(C)(C)SCc1ccc(Br)cc1. The highest BCUT2D eigenvalue weighted by atomic mass is 79.9. The van der Waals surface area contributed by atoms with Crippen molar-refractivity contribution >= 4 is 39.8 Å². The molecular formula is C17H24BrNO4S. The Morgan fingerprint density at radius 1 is 1.21 bits per heavy atom. The number of carboxylic acids is 1. The minimum absolute atomic E-state index is 0.639. The third kappa shape index (κ3) is 7.13. The van der Waals surface area contributed by atoms with Gasteiger partial charge in [0.2, 0.25) is 0 Å². The van der Waals surface area contributed by atoms with Gasteiger partial charge in [-0.05, 0) is 52.3 Å². The van der Waals surface area contributed by atoms with Gasteiger partial charge in [-0.25, -0.2) is 9.59 Å². The van der Waals surface area contributed by atoms with Crippen molar-refractivity contribution in [3.63, 3.8) is 0 Å². The van der Waals surface area contributed by atoms with Crippen LogP contribution in [0.4, 0.5) is 4.79 Å². The Labute approximate surface area is 155 Å². The Morgan fingerprint density at radius 2 is 1.75 bits per heavy atom. The van der Waals surface area contributed by atoms with Gasteiger partial charge in [-0.1, -0.05) is 28.1 Å². The zero-order valence-corrected chi connectivity index (χ0v) is 17.0. The number of ether oxygens (including phenoxy) is 1. The summed E-state index contributed by atoms with van der Waals surface area (Å²) < 4.78 is 5.44. The van der Waals surface area contributed by atoms with Crippen LogP contribution in [0.25, 0.3) is 0 Å². The lowest BCUT2D eigenvalue weighted by Gasteiger charge is -2.32. The molecule has 134 valence electrons. The van der Waals surface area contributed by atoms with E-state index in [4.69, 9.17) is 4.74 Å². The van der Waals surface area contributed by atoms with Crippen molar-refractivity contribution in [2.45, 2.75) is 56.8 Å². The van der Waals surface area contributed by atoms with Gasteiger partial charge in [0.15, 0.2) is 0 Å². The molecule has 2 N–H and O–H groups in total. The van der Waals surface area contributed by atoms with Crippen LogP contribution < -0.4 is 5.32 Å². The van der Waals surface area contributed by atoms with Crippen molar-refractivity contribution < 1.29 is 19.4 Å². The quantitative estimate of drug-likeness (QED) is 0.715. The zero-order valence-electron chi connectivity index (χ0n) is 14.6. The van der Waals surface area contributed by atoms with E-state index in [0.717, 1.165) is 10.0 Å². The minimum atomic E-state index is -1.09. The van der Waals surface area contributed by atoms with Crippen LogP contribution in [-0.2, 0) is 15.3 Å². The molecule has 0 heterocycles. The van der Waals surface area contributed by atoms with Gasteiger partial charge in [-0.3, -0.25) is 0 Å². The Balaban J connectivity index is 2.75. The monoisotopic (exact) mass is 417 g/mol. The van der Waals surface area contributed by atoms with E-state index in [9.17, 15) is 14.7 Å². The van der Waals surface area contributed by atoms with Gasteiger partial charge in [0.25, 0.3) is 0 Å². The molecule has 1 unspecified atom stereocenters. The van der Waals surface area contributed by atoms with E-state index in [0.29, 0.717) is 5.75 Å². The van der Waals surface area contributed by atoms with Gasteiger partial charge in [-0.2, -0.15) is 0 Å². The average molecular weight is 418 g/mol. The number of hydrogen-bond donors (Lipinski definition) is 2. The summed E-state index contributed by atoms with van der Waals surface area (Å²) in [5.74, 6) is -0.450. The second-order valence-electron chi connectivity index (χ2n) is 6.94. The van der Waals surface area contributed by atoms with E-state index in [-0.39, 0.29) is 0 Å². The van der Waals surface area contributed by atoms with Crippen LogP contribution in [0.2, 0.25) is 0 Å². The number of rotatable bonds is 6. The number of nitrogens with one attached hydrogen (secondary N) is 1. The van der Waals surface area contributed by atoms with Crippen LogP contribution in [-0.4, -0.2) is 33.6 Å². The summed E-state index contributed by atoms with van der Waals surface area (Å²) in [7, 11) is 0. The standard InChI is InChI=1S/C17H24BrNO4S/c1-16(2,3)23-15(22)19-13(14(20)21)17(4,5)24-10-11-6-8-12(18)9-7-11/h6-9,13H,10H2,1-5H3,(H,19,22)(H,20,21). The Bertz CT molecular complexity index is 581. The molecule has 1 aromatic carbocycles. The van der Waals surface area contributed by atoms with Crippen LogP contribution >= 0.6 is 27.7 Å². The molecule has 0 bridgehead atoms. The second-order valence-corrected chi connectivity index (χ2v) is 9.48. The van der Waals surface area contributed by atoms with E-state index >= 15 is 0 Å². The van der Waals surface area contributed by atoms with Gasteiger partial charge in [0.05, 0.1) is 0 Å².